The van der Waals surface area contributed by atoms with Crippen LogP contribution < -0.4 is 10.6 Å². The van der Waals surface area contributed by atoms with Gasteiger partial charge in [-0.25, -0.2) is 9.97 Å². The third-order valence-electron chi connectivity index (χ3n) is 3.61. The van der Waals surface area contributed by atoms with Crippen molar-refractivity contribution in [1.82, 2.24) is 15.3 Å². The monoisotopic (exact) mass is 248 g/mol. The van der Waals surface area contributed by atoms with E-state index >= 15 is 0 Å². The predicted molar refractivity (Wildman–Crippen MR) is 74.7 cm³/mol. The molecular formula is C14H24N4. The molecule has 0 aliphatic carbocycles. The van der Waals surface area contributed by atoms with Gasteiger partial charge < -0.3 is 10.6 Å². The van der Waals surface area contributed by atoms with E-state index in [0.717, 1.165) is 44.0 Å². The summed E-state index contributed by atoms with van der Waals surface area (Å²) in [5.41, 5.74) is 1.47. The van der Waals surface area contributed by atoms with Crippen molar-refractivity contribution in [2.75, 3.05) is 25.0 Å². The number of rotatable bonds is 5. The van der Waals surface area contributed by atoms with Gasteiger partial charge in [0.1, 0.15) is 12.1 Å². The van der Waals surface area contributed by atoms with Gasteiger partial charge in [-0.3, -0.25) is 0 Å². The molecule has 1 saturated heterocycles. The summed E-state index contributed by atoms with van der Waals surface area (Å²) in [4.78, 5) is 8.57. The fourth-order valence-electron chi connectivity index (χ4n) is 2.46. The van der Waals surface area contributed by atoms with Gasteiger partial charge in [0.25, 0.3) is 0 Å². The Kier molecular flexibility index (Phi) is 4.53. The molecule has 0 aromatic carbocycles. The highest BCUT2D eigenvalue weighted by molar-refractivity contribution is 5.35. The molecular weight excluding hydrogens is 224 g/mol. The first kappa shape index (κ1) is 13.3. The zero-order chi connectivity index (χ0) is 12.8. The quantitative estimate of drug-likeness (QED) is 0.839. The van der Waals surface area contributed by atoms with Gasteiger partial charge in [0.2, 0.25) is 0 Å². The molecule has 18 heavy (non-hydrogen) atoms. The van der Waals surface area contributed by atoms with E-state index in [1.54, 1.807) is 6.33 Å². The van der Waals surface area contributed by atoms with E-state index in [1.165, 1.54) is 12.8 Å². The number of nitrogens with zero attached hydrogens (tertiary/aromatic N) is 2. The van der Waals surface area contributed by atoms with Gasteiger partial charge in [0, 0.05) is 24.8 Å². The van der Waals surface area contributed by atoms with Crippen molar-refractivity contribution in [1.29, 1.82) is 0 Å². The maximum Gasteiger partial charge on any atom is 0.129 e. The lowest BCUT2D eigenvalue weighted by Gasteiger charge is -2.34. The van der Waals surface area contributed by atoms with Crippen LogP contribution in [-0.4, -0.2) is 29.6 Å². The Labute approximate surface area is 110 Å². The summed E-state index contributed by atoms with van der Waals surface area (Å²) in [6, 6.07) is 2.07. The van der Waals surface area contributed by atoms with Crippen LogP contribution in [0.2, 0.25) is 0 Å². The summed E-state index contributed by atoms with van der Waals surface area (Å²) < 4.78 is 0. The van der Waals surface area contributed by atoms with E-state index in [0.29, 0.717) is 5.41 Å². The summed E-state index contributed by atoms with van der Waals surface area (Å²) in [5.74, 6) is 0.959. The van der Waals surface area contributed by atoms with Gasteiger partial charge in [-0.05, 0) is 31.2 Å². The first-order chi connectivity index (χ1) is 8.72. The number of hydrogen-bond donors (Lipinski definition) is 2. The topological polar surface area (TPSA) is 49.8 Å². The minimum Gasteiger partial charge on any atom is -0.369 e. The summed E-state index contributed by atoms with van der Waals surface area (Å²) in [6.07, 6.45) is 6.35. The van der Waals surface area contributed by atoms with Gasteiger partial charge >= 0.3 is 0 Å². The van der Waals surface area contributed by atoms with Gasteiger partial charge in [-0.2, -0.15) is 0 Å². The molecule has 1 aliphatic heterocycles. The number of hydrogen-bond acceptors (Lipinski definition) is 4. The van der Waals surface area contributed by atoms with Crippen LogP contribution in [0.25, 0.3) is 0 Å². The molecule has 0 spiro atoms. The van der Waals surface area contributed by atoms with Crippen LogP contribution in [0.1, 0.15) is 38.8 Å². The van der Waals surface area contributed by atoms with Gasteiger partial charge in [0.05, 0.1) is 0 Å². The van der Waals surface area contributed by atoms with Crippen LogP contribution in [0, 0.1) is 5.41 Å². The third-order valence-corrected chi connectivity index (χ3v) is 3.61. The predicted octanol–water partition coefficient (Wildman–Crippen LogP) is 2.23. The van der Waals surface area contributed by atoms with Gasteiger partial charge in [-0.1, -0.05) is 20.3 Å². The SMILES string of the molecule is CCCc1cc(NCC2(C)CCCNC2)ncn1. The number of piperidine rings is 1. The molecule has 1 aromatic rings. The van der Waals surface area contributed by atoms with Crippen molar-refractivity contribution in [2.45, 2.75) is 39.5 Å². The maximum absolute atomic E-state index is 4.29. The van der Waals surface area contributed by atoms with E-state index in [4.69, 9.17) is 0 Å². The van der Waals surface area contributed by atoms with E-state index in [-0.39, 0.29) is 0 Å². The van der Waals surface area contributed by atoms with Crippen LogP contribution in [0.5, 0.6) is 0 Å². The lowest BCUT2D eigenvalue weighted by Crippen LogP contribution is -2.42. The molecule has 4 nitrogen and oxygen atoms in total. The average Bonchev–Trinajstić information content (AvgIpc) is 2.38. The molecule has 2 rings (SSSR count). The van der Waals surface area contributed by atoms with Gasteiger partial charge in [0.15, 0.2) is 0 Å². The number of nitrogens with one attached hydrogen (secondary N) is 2. The van der Waals surface area contributed by atoms with Crippen molar-refractivity contribution in [2.24, 2.45) is 5.41 Å². The minimum atomic E-state index is 0.341. The number of aromatic nitrogens is 2. The Hall–Kier alpha value is -1.16. The van der Waals surface area contributed by atoms with Crippen molar-refractivity contribution < 1.29 is 0 Å². The summed E-state index contributed by atoms with van der Waals surface area (Å²) in [7, 11) is 0. The molecule has 2 heterocycles. The third kappa shape index (κ3) is 3.67. The first-order valence-corrected chi connectivity index (χ1v) is 6.97. The smallest absolute Gasteiger partial charge is 0.129 e. The molecule has 100 valence electrons. The van der Waals surface area contributed by atoms with Crippen molar-refractivity contribution in [3.8, 4) is 0 Å². The Morgan fingerprint density at radius 2 is 2.33 bits per heavy atom. The summed E-state index contributed by atoms with van der Waals surface area (Å²) >= 11 is 0. The first-order valence-electron chi connectivity index (χ1n) is 6.97. The van der Waals surface area contributed by atoms with E-state index in [9.17, 15) is 0 Å². The second-order valence-corrected chi connectivity index (χ2v) is 5.59. The highest BCUT2D eigenvalue weighted by atomic mass is 15.0. The van der Waals surface area contributed by atoms with E-state index in [1.807, 2.05) is 0 Å². The molecule has 1 aliphatic rings. The molecule has 1 fully saturated rings. The minimum absolute atomic E-state index is 0.341. The Morgan fingerprint density at radius 1 is 1.44 bits per heavy atom. The van der Waals surface area contributed by atoms with Crippen LogP contribution in [0.15, 0.2) is 12.4 Å². The van der Waals surface area contributed by atoms with E-state index in [2.05, 4.69) is 40.5 Å². The van der Waals surface area contributed by atoms with Gasteiger partial charge in [-0.15, -0.1) is 0 Å². The summed E-state index contributed by atoms with van der Waals surface area (Å²) in [6.45, 7) is 7.73. The fraction of sp³-hybridized carbons (Fsp3) is 0.714. The molecule has 2 N–H and O–H groups in total. The van der Waals surface area contributed by atoms with Crippen molar-refractivity contribution >= 4 is 5.82 Å². The molecule has 1 unspecified atom stereocenters. The fourth-order valence-corrected chi connectivity index (χ4v) is 2.46. The highest BCUT2D eigenvalue weighted by Crippen LogP contribution is 2.25. The maximum atomic E-state index is 4.29. The second kappa shape index (κ2) is 6.14. The average molecular weight is 248 g/mol. The standard InChI is InChI=1S/C14H24N4/c1-3-5-12-8-13(18-11-17-12)16-10-14(2)6-4-7-15-9-14/h8,11,15H,3-7,9-10H2,1-2H3,(H,16,17,18). The van der Waals surface area contributed by atoms with Crippen LogP contribution in [0.4, 0.5) is 5.82 Å². The molecule has 1 aromatic heterocycles. The Morgan fingerprint density at radius 3 is 3.06 bits per heavy atom. The lowest BCUT2D eigenvalue weighted by atomic mass is 9.83. The zero-order valence-electron chi connectivity index (χ0n) is 11.5. The molecule has 1 atom stereocenters. The summed E-state index contributed by atoms with van der Waals surface area (Å²) in [5, 5.41) is 6.93. The molecule has 0 saturated carbocycles. The molecule has 4 heteroatoms. The largest absolute Gasteiger partial charge is 0.369 e. The molecule has 0 bridgehead atoms. The Bertz CT molecular complexity index is 372. The highest BCUT2D eigenvalue weighted by Gasteiger charge is 2.26. The van der Waals surface area contributed by atoms with Crippen LogP contribution in [-0.2, 0) is 6.42 Å². The number of aryl methyl sites for hydroxylation is 1. The van der Waals surface area contributed by atoms with Crippen molar-refractivity contribution in [3.63, 3.8) is 0 Å². The van der Waals surface area contributed by atoms with E-state index < -0.39 is 0 Å². The number of anilines is 1. The Balaban J connectivity index is 1.90. The normalized spacial score (nSPS) is 23.9. The van der Waals surface area contributed by atoms with Crippen molar-refractivity contribution in [3.05, 3.63) is 18.1 Å². The zero-order valence-corrected chi connectivity index (χ0v) is 11.5. The lowest BCUT2D eigenvalue weighted by molar-refractivity contribution is 0.253. The van der Waals surface area contributed by atoms with Crippen LogP contribution >= 0.6 is 0 Å². The van der Waals surface area contributed by atoms with Crippen LogP contribution in [0.3, 0.4) is 0 Å². The molecule has 0 amide bonds. The molecule has 0 radical (unpaired) electrons. The second-order valence-electron chi connectivity index (χ2n) is 5.59.